The van der Waals surface area contributed by atoms with Gasteiger partial charge in [0.25, 0.3) is 0 Å². The summed E-state index contributed by atoms with van der Waals surface area (Å²) in [5, 5.41) is 14.3. The van der Waals surface area contributed by atoms with Gasteiger partial charge in [0.05, 0.1) is 5.41 Å². The molecule has 3 N–H and O–H groups in total. The maximum atomic E-state index is 11.4. The van der Waals surface area contributed by atoms with E-state index in [-0.39, 0.29) is 18.6 Å². The molecular formula is C11H20N2O3. The van der Waals surface area contributed by atoms with E-state index < -0.39 is 11.4 Å². The van der Waals surface area contributed by atoms with Crippen molar-refractivity contribution in [2.75, 3.05) is 6.54 Å². The fraction of sp³-hybridized carbons (Fsp3) is 0.818. The van der Waals surface area contributed by atoms with Crippen molar-refractivity contribution in [3.05, 3.63) is 0 Å². The minimum Gasteiger partial charge on any atom is -0.481 e. The molecule has 5 nitrogen and oxygen atoms in total. The first-order valence-corrected chi connectivity index (χ1v) is 5.64. The van der Waals surface area contributed by atoms with Crippen LogP contribution in [-0.2, 0) is 4.79 Å². The maximum absolute atomic E-state index is 11.4. The molecule has 1 aliphatic rings. The second-order valence-electron chi connectivity index (χ2n) is 5.03. The molecule has 0 heterocycles. The van der Waals surface area contributed by atoms with Crippen LogP contribution < -0.4 is 10.6 Å². The number of hydrogen-bond acceptors (Lipinski definition) is 2. The highest BCUT2D eigenvalue weighted by Crippen LogP contribution is 2.32. The van der Waals surface area contributed by atoms with Crippen LogP contribution in [0.4, 0.5) is 4.79 Å². The lowest BCUT2D eigenvalue weighted by atomic mass is 9.94. The summed E-state index contributed by atoms with van der Waals surface area (Å²) in [7, 11) is 0. The zero-order valence-electron chi connectivity index (χ0n) is 10.0. The Balaban J connectivity index is 2.23. The third-order valence-electron chi connectivity index (χ3n) is 3.03. The second kappa shape index (κ2) is 4.72. The highest BCUT2D eigenvalue weighted by atomic mass is 16.4. The Hall–Kier alpha value is -1.26. The number of aliphatic carboxylic acids is 1. The van der Waals surface area contributed by atoms with Crippen molar-refractivity contribution in [3.8, 4) is 0 Å². The minimum atomic E-state index is -0.926. The van der Waals surface area contributed by atoms with Gasteiger partial charge in [0.2, 0.25) is 0 Å². The first kappa shape index (κ1) is 12.8. The van der Waals surface area contributed by atoms with E-state index in [4.69, 9.17) is 5.11 Å². The number of carbonyl (C=O) groups is 2. The number of nitrogens with one attached hydrogen (secondary N) is 2. The van der Waals surface area contributed by atoms with Gasteiger partial charge >= 0.3 is 12.0 Å². The van der Waals surface area contributed by atoms with Crippen molar-refractivity contribution < 1.29 is 14.7 Å². The van der Waals surface area contributed by atoms with E-state index in [0.717, 1.165) is 12.8 Å². The van der Waals surface area contributed by atoms with E-state index >= 15 is 0 Å². The van der Waals surface area contributed by atoms with Crippen LogP contribution in [0.2, 0.25) is 0 Å². The van der Waals surface area contributed by atoms with E-state index in [9.17, 15) is 9.59 Å². The van der Waals surface area contributed by atoms with E-state index in [2.05, 4.69) is 17.6 Å². The zero-order valence-corrected chi connectivity index (χ0v) is 10.0. The van der Waals surface area contributed by atoms with Crippen molar-refractivity contribution >= 4 is 12.0 Å². The molecule has 2 atom stereocenters. The number of hydrogen-bond donors (Lipinski definition) is 3. The van der Waals surface area contributed by atoms with E-state index in [1.54, 1.807) is 13.8 Å². The van der Waals surface area contributed by atoms with Gasteiger partial charge in [0.1, 0.15) is 0 Å². The highest BCUT2D eigenvalue weighted by Gasteiger charge is 2.36. The number of carbonyl (C=O) groups excluding carboxylic acids is 1. The van der Waals surface area contributed by atoms with E-state index in [1.165, 1.54) is 0 Å². The van der Waals surface area contributed by atoms with E-state index in [0.29, 0.717) is 5.92 Å². The molecule has 0 saturated heterocycles. The lowest BCUT2D eigenvalue weighted by Crippen LogP contribution is -2.44. The molecule has 0 aliphatic heterocycles. The van der Waals surface area contributed by atoms with Gasteiger partial charge < -0.3 is 15.7 Å². The van der Waals surface area contributed by atoms with Crippen LogP contribution in [0.25, 0.3) is 0 Å². The lowest BCUT2D eigenvalue weighted by Gasteiger charge is -2.19. The van der Waals surface area contributed by atoms with Gasteiger partial charge in [-0.1, -0.05) is 13.3 Å². The Morgan fingerprint density at radius 1 is 1.44 bits per heavy atom. The number of urea groups is 1. The number of amides is 2. The van der Waals surface area contributed by atoms with Crippen molar-refractivity contribution in [2.45, 2.75) is 39.7 Å². The monoisotopic (exact) mass is 228 g/mol. The van der Waals surface area contributed by atoms with Crippen molar-refractivity contribution in [3.63, 3.8) is 0 Å². The molecule has 1 aliphatic carbocycles. The number of rotatable bonds is 5. The summed E-state index contributed by atoms with van der Waals surface area (Å²) >= 11 is 0. The number of carboxylic acids is 1. The standard InChI is InChI=1S/C11H20N2O3/c1-4-7-5-8(7)13-10(16)12-6-11(2,3)9(14)15/h7-8H,4-6H2,1-3H3,(H,14,15)(H2,12,13,16). The second-order valence-corrected chi connectivity index (χ2v) is 5.03. The van der Waals surface area contributed by atoms with Gasteiger partial charge in [-0.2, -0.15) is 0 Å². The molecule has 1 saturated carbocycles. The lowest BCUT2D eigenvalue weighted by molar-refractivity contribution is -0.146. The molecule has 0 bridgehead atoms. The molecule has 0 spiro atoms. The molecule has 0 aromatic carbocycles. The van der Waals surface area contributed by atoms with Gasteiger partial charge in [0.15, 0.2) is 0 Å². The van der Waals surface area contributed by atoms with Crippen LogP contribution in [0.1, 0.15) is 33.6 Å². The summed E-state index contributed by atoms with van der Waals surface area (Å²) in [5.41, 5.74) is -0.926. The smallest absolute Gasteiger partial charge is 0.315 e. The molecule has 92 valence electrons. The average Bonchev–Trinajstić information content (AvgIpc) is 2.93. The summed E-state index contributed by atoms with van der Waals surface area (Å²) in [6, 6.07) is 0.00761. The summed E-state index contributed by atoms with van der Waals surface area (Å²) in [6.07, 6.45) is 2.11. The van der Waals surface area contributed by atoms with Crippen LogP contribution in [-0.4, -0.2) is 29.7 Å². The third-order valence-corrected chi connectivity index (χ3v) is 3.03. The first-order valence-electron chi connectivity index (χ1n) is 5.64. The molecule has 2 unspecified atom stereocenters. The Labute approximate surface area is 95.6 Å². The van der Waals surface area contributed by atoms with Crippen LogP contribution in [0.5, 0.6) is 0 Å². The molecule has 0 aromatic rings. The normalized spacial score (nSPS) is 23.7. The molecule has 1 rings (SSSR count). The van der Waals surface area contributed by atoms with Gasteiger partial charge in [-0.05, 0) is 26.2 Å². The van der Waals surface area contributed by atoms with Gasteiger partial charge in [0, 0.05) is 12.6 Å². The molecule has 0 aromatic heterocycles. The fourth-order valence-electron chi connectivity index (χ4n) is 1.47. The predicted octanol–water partition coefficient (Wildman–Crippen LogP) is 1.19. The molecule has 5 heteroatoms. The molecule has 1 fully saturated rings. The minimum absolute atomic E-state index is 0.137. The fourth-order valence-corrected chi connectivity index (χ4v) is 1.47. The molecule has 2 amide bonds. The molecule has 0 radical (unpaired) electrons. The predicted molar refractivity (Wildman–Crippen MR) is 60.1 cm³/mol. The van der Waals surface area contributed by atoms with Crippen LogP contribution in [0, 0.1) is 11.3 Å². The largest absolute Gasteiger partial charge is 0.481 e. The first-order chi connectivity index (χ1) is 7.36. The maximum Gasteiger partial charge on any atom is 0.315 e. The summed E-state index contributed by atoms with van der Waals surface area (Å²) in [5.74, 6) is -0.316. The zero-order chi connectivity index (χ0) is 12.3. The molecule has 16 heavy (non-hydrogen) atoms. The van der Waals surface area contributed by atoms with Crippen molar-refractivity contribution in [1.82, 2.24) is 10.6 Å². The Morgan fingerprint density at radius 3 is 2.50 bits per heavy atom. The topological polar surface area (TPSA) is 78.4 Å². The van der Waals surface area contributed by atoms with Gasteiger partial charge in [-0.15, -0.1) is 0 Å². The SMILES string of the molecule is CCC1CC1NC(=O)NCC(C)(C)C(=O)O. The van der Waals surface area contributed by atoms with Gasteiger partial charge in [-0.25, -0.2) is 4.79 Å². The average molecular weight is 228 g/mol. The Bertz CT molecular complexity index is 289. The van der Waals surface area contributed by atoms with Crippen molar-refractivity contribution in [1.29, 1.82) is 0 Å². The van der Waals surface area contributed by atoms with Crippen molar-refractivity contribution in [2.24, 2.45) is 11.3 Å². The van der Waals surface area contributed by atoms with Crippen LogP contribution >= 0.6 is 0 Å². The summed E-state index contributed by atoms with van der Waals surface area (Å²) < 4.78 is 0. The third kappa shape index (κ3) is 3.40. The quantitative estimate of drug-likeness (QED) is 0.661. The summed E-state index contributed by atoms with van der Waals surface area (Å²) in [6.45, 7) is 5.40. The van der Waals surface area contributed by atoms with Gasteiger partial charge in [-0.3, -0.25) is 4.79 Å². The highest BCUT2D eigenvalue weighted by molar-refractivity contribution is 5.77. The summed E-state index contributed by atoms with van der Waals surface area (Å²) in [4.78, 5) is 22.2. The Kier molecular flexibility index (Phi) is 3.78. The molecular weight excluding hydrogens is 208 g/mol. The Morgan fingerprint density at radius 2 is 2.06 bits per heavy atom. The van der Waals surface area contributed by atoms with E-state index in [1.807, 2.05) is 0 Å². The van der Waals surface area contributed by atoms with Crippen LogP contribution in [0.3, 0.4) is 0 Å². The van der Waals surface area contributed by atoms with Crippen LogP contribution in [0.15, 0.2) is 0 Å². The number of carboxylic acid groups (broad SMARTS) is 1.